The standard InChI is InChI=1S/C25H31FN2O4S/c1-2-11-31-16-20(29)14-27(19-6-7-19)15-25(30)28-10-8-24-22(9-12-33-24)23(28)17-32-21-5-3-4-18(26)13-21/h2-5,9,12-13,19-20,23,29H,1,6-8,10-11,14-17H2/t20-,23-/m1/s1. The number of hydrogen-bond donors (Lipinski definition) is 1. The molecule has 2 aliphatic rings. The first-order valence-electron chi connectivity index (χ1n) is 11.4. The van der Waals surface area contributed by atoms with E-state index in [0.29, 0.717) is 31.5 Å². The molecule has 178 valence electrons. The van der Waals surface area contributed by atoms with Gasteiger partial charge in [-0.25, -0.2) is 4.39 Å². The summed E-state index contributed by atoms with van der Waals surface area (Å²) in [4.78, 5) is 18.6. The largest absolute Gasteiger partial charge is 0.491 e. The Kier molecular flexibility index (Phi) is 8.14. The van der Waals surface area contributed by atoms with Crippen LogP contribution >= 0.6 is 11.3 Å². The number of benzene rings is 1. The lowest BCUT2D eigenvalue weighted by molar-refractivity contribution is -0.136. The molecule has 33 heavy (non-hydrogen) atoms. The van der Waals surface area contributed by atoms with E-state index in [1.807, 2.05) is 10.3 Å². The minimum atomic E-state index is -0.657. The van der Waals surface area contributed by atoms with Crippen molar-refractivity contribution in [1.29, 1.82) is 0 Å². The summed E-state index contributed by atoms with van der Waals surface area (Å²) >= 11 is 1.70. The summed E-state index contributed by atoms with van der Waals surface area (Å²) in [6.07, 6.45) is 3.88. The van der Waals surface area contributed by atoms with Crippen molar-refractivity contribution < 1.29 is 23.8 Å². The number of carbonyl (C=O) groups excluding carboxylic acids is 1. The van der Waals surface area contributed by atoms with Gasteiger partial charge in [-0.3, -0.25) is 9.69 Å². The average molecular weight is 475 g/mol. The second kappa shape index (κ2) is 11.2. The number of carbonyl (C=O) groups is 1. The molecule has 8 heteroatoms. The quantitative estimate of drug-likeness (QED) is 0.377. The zero-order valence-corrected chi connectivity index (χ0v) is 19.5. The predicted octanol–water partition coefficient (Wildman–Crippen LogP) is 3.42. The van der Waals surface area contributed by atoms with Crippen molar-refractivity contribution in [2.24, 2.45) is 0 Å². The molecule has 0 spiro atoms. The molecule has 2 aromatic rings. The molecule has 4 rings (SSSR count). The van der Waals surface area contributed by atoms with Crippen molar-refractivity contribution >= 4 is 17.2 Å². The highest BCUT2D eigenvalue weighted by atomic mass is 32.1. The SMILES string of the molecule is C=CCOC[C@H](O)CN(CC(=O)N1CCc2sccc2[C@H]1COc1cccc(F)c1)C1CC1. The topological polar surface area (TPSA) is 62.2 Å². The first-order chi connectivity index (χ1) is 16.0. The van der Waals surface area contributed by atoms with E-state index in [4.69, 9.17) is 9.47 Å². The van der Waals surface area contributed by atoms with Crippen molar-refractivity contribution in [3.63, 3.8) is 0 Å². The highest BCUT2D eigenvalue weighted by Crippen LogP contribution is 2.34. The molecule has 6 nitrogen and oxygen atoms in total. The smallest absolute Gasteiger partial charge is 0.237 e. The van der Waals surface area contributed by atoms with Gasteiger partial charge < -0.3 is 19.5 Å². The average Bonchev–Trinajstić information content (AvgIpc) is 3.54. The fourth-order valence-electron chi connectivity index (χ4n) is 4.26. The fraction of sp³-hybridized carbons (Fsp3) is 0.480. The monoisotopic (exact) mass is 474 g/mol. The van der Waals surface area contributed by atoms with Crippen LogP contribution in [0.3, 0.4) is 0 Å². The Morgan fingerprint density at radius 1 is 1.39 bits per heavy atom. The third-order valence-corrected chi connectivity index (χ3v) is 7.01. The van der Waals surface area contributed by atoms with Crippen molar-refractivity contribution in [2.45, 2.75) is 37.5 Å². The Morgan fingerprint density at radius 2 is 2.24 bits per heavy atom. The van der Waals surface area contributed by atoms with Crippen LogP contribution in [0.15, 0.2) is 48.4 Å². The molecule has 2 heterocycles. The van der Waals surface area contributed by atoms with Crippen LogP contribution in [0.1, 0.15) is 29.3 Å². The Morgan fingerprint density at radius 3 is 3.00 bits per heavy atom. The molecule has 0 unspecified atom stereocenters. The van der Waals surface area contributed by atoms with Crippen LogP contribution < -0.4 is 4.74 Å². The van der Waals surface area contributed by atoms with Gasteiger partial charge in [-0.05, 0) is 48.4 Å². The van der Waals surface area contributed by atoms with Gasteiger partial charge in [0.2, 0.25) is 5.91 Å². The lowest BCUT2D eigenvalue weighted by Crippen LogP contribution is -2.48. The molecule has 1 aromatic heterocycles. The van der Waals surface area contributed by atoms with Gasteiger partial charge in [0.1, 0.15) is 18.2 Å². The van der Waals surface area contributed by atoms with Gasteiger partial charge in [-0.1, -0.05) is 12.1 Å². The highest BCUT2D eigenvalue weighted by molar-refractivity contribution is 7.10. The Bertz CT molecular complexity index is 948. The van der Waals surface area contributed by atoms with Crippen LogP contribution in [-0.2, 0) is 16.0 Å². The van der Waals surface area contributed by atoms with Crippen LogP contribution in [0.5, 0.6) is 5.75 Å². The summed E-state index contributed by atoms with van der Waals surface area (Å²) in [6.45, 7) is 5.75. The predicted molar refractivity (Wildman–Crippen MR) is 126 cm³/mol. The number of halogens is 1. The van der Waals surface area contributed by atoms with Gasteiger partial charge in [0.15, 0.2) is 0 Å². The first kappa shape index (κ1) is 23.9. The third-order valence-electron chi connectivity index (χ3n) is 6.01. The summed E-state index contributed by atoms with van der Waals surface area (Å²) in [6, 6.07) is 8.22. The van der Waals surface area contributed by atoms with E-state index in [-0.39, 0.29) is 37.5 Å². The van der Waals surface area contributed by atoms with Crippen LogP contribution in [0, 0.1) is 5.82 Å². The molecule has 0 saturated heterocycles. The molecule has 1 aliphatic heterocycles. The van der Waals surface area contributed by atoms with Gasteiger partial charge in [0.05, 0.1) is 31.9 Å². The fourth-order valence-corrected chi connectivity index (χ4v) is 5.19. The number of fused-ring (bicyclic) bond motifs is 1. The van der Waals surface area contributed by atoms with E-state index in [1.165, 1.54) is 17.0 Å². The van der Waals surface area contributed by atoms with Crippen molar-refractivity contribution in [1.82, 2.24) is 9.80 Å². The Hall–Kier alpha value is -2.26. The normalized spacial score (nSPS) is 18.8. The Labute approximate surface area is 198 Å². The van der Waals surface area contributed by atoms with E-state index in [9.17, 15) is 14.3 Å². The van der Waals surface area contributed by atoms with Crippen LogP contribution in [0.25, 0.3) is 0 Å². The van der Waals surface area contributed by atoms with Crippen molar-refractivity contribution in [2.75, 3.05) is 39.5 Å². The number of aliphatic hydroxyl groups is 1. The zero-order chi connectivity index (χ0) is 23.2. The number of nitrogens with zero attached hydrogens (tertiary/aromatic N) is 2. The summed E-state index contributed by atoms with van der Waals surface area (Å²) in [5, 5.41) is 12.4. The van der Waals surface area contributed by atoms with Gasteiger partial charge in [0.25, 0.3) is 0 Å². The molecular weight excluding hydrogens is 443 g/mol. The molecule has 1 fully saturated rings. The van der Waals surface area contributed by atoms with E-state index in [2.05, 4.69) is 17.5 Å². The number of aliphatic hydroxyl groups excluding tert-OH is 1. The van der Waals surface area contributed by atoms with Gasteiger partial charge in [-0.15, -0.1) is 17.9 Å². The maximum atomic E-state index is 13.6. The second-order valence-corrected chi connectivity index (χ2v) is 9.56. The summed E-state index contributed by atoms with van der Waals surface area (Å²) in [5.41, 5.74) is 1.10. The lowest BCUT2D eigenvalue weighted by Gasteiger charge is -2.37. The van der Waals surface area contributed by atoms with E-state index in [0.717, 1.165) is 24.8 Å². The van der Waals surface area contributed by atoms with Crippen molar-refractivity contribution in [3.8, 4) is 5.75 Å². The van der Waals surface area contributed by atoms with Crippen LogP contribution in [-0.4, -0.2) is 72.4 Å². The number of amides is 1. The maximum absolute atomic E-state index is 13.6. The summed E-state index contributed by atoms with van der Waals surface area (Å²) in [7, 11) is 0. The highest BCUT2D eigenvalue weighted by Gasteiger charge is 2.36. The van der Waals surface area contributed by atoms with E-state index in [1.54, 1.807) is 29.5 Å². The van der Waals surface area contributed by atoms with E-state index < -0.39 is 6.10 Å². The number of rotatable bonds is 12. The molecule has 0 radical (unpaired) electrons. The molecule has 1 N–H and O–H groups in total. The number of thiophene rings is 1. The van der Waals surface area contributed by atoms with Gasteiger partial charge in [-0.2, -0.15) is 0 Å². The molecule has 1 saturated carbocycles. The summed E-state index contributed by atoms with van der Waals surface area (Å²) in [5.74, 6) is 0.119. The molecule has 2 atom stereocenters. The minimum absolute atomic E-state index is 0.0193. The molecule has 1 aliphatic carbocycles. The molecule has 1 aromatic carbocycles. The molecule has 1 amide bonds. The van der Waals surface area contributed by atoms with Crippen LogP contribution in [0.2, 0.25) is 0 Å². The minimum Gasteiger partial charge on any atom is -0.491 e. The van der Waals surface area contributed by atoms with Gasteiger partial charge >= 0.3 is 0 Å². The number of hydrogen-bond acceptors (Lipinski definition) is 6. The number of ether oxygens (including phenoxy) is 2. The summed E-state index contributed by atoms with van der Waals surface area (Å²) < 4.78 is 24.8. The zero-order valence-electron chi connectivity index (χ0n) is 18.7. The first-order valence-corrected chi connectivity index (χ1v) is 12.3. The molecular formula is C25H31FN2O4S. The molecule has 0 bridgehead atoms. The third kappa shape index (κ3) is 6.41. The Balaban J connectivity index is 1.42. The second-order valence-electron chi connectivity index (χ2n) is 8.56. The van der Waals surface area contributed by atoms with Crippen LogP contribution in [0.4, 0.5) is 4.39 Å². The lowest BCUT2D eigenvalue weighted by atomic mass is 10.0. The van der Waals surface area contributed by atoms with E-state index >= 15 is 0 Å². The van der Waals surface area contributed by atoms with Gasteiger partial charge in [0, 0.05) is 30.1 Å². The maximum Gasteiger partial charge on any atom is 0.237 e. The van der Waals surface area contributed by atoms with Crippen molar-refractivity contribution in [3.05, 3.63) is 64.6 Å².